The molecule has 3 unspecified atom stereocenters. The Morgan fingerprint density at radius 3 is 3.00 bits per heavy atom. The van der Waals surface area contributed by atoms with Gasteiger partial charge in [-0.1, -0.05) is 43.7 Å². The molecule has 20 heavy (non-hydrogen) atoms. The number of oxazole rings is 1. The van der Waals surface area contributed by atoms with Crippen LogP contribution < -0.4 is 5.73 Å². The molecular formula is C16H22N2OS. The molecule has 1 aromatic heterocycles. The number of hydrogen-bond acceptors (Lipinski definition) is 4. The fraction of sp³-hybridized carbons (Fsp3) is 0.562. The van der Waals surface area contributed by atoms with E-state index in [1.54, 1.807) is 11.8 Å². The molecule has 1 fully saturated rings. The van der Waals surface area contributed by atoms with Crippen molar-refractivity contribution in [2.45, 2.75) is 55.5 Å². The highest BCUT2D eigenvalue weighted by atomic mass is 32.2. The molecule has 3 nitrogen and oxygen atoms in total. The van der Waals surface area contributed by atoms with Gasteiger partial charge < -0.3 is 10.2 Å². The van der Waals surface area contributed by atoms with Gasteiger partial charge in [-0.2, -0.15) is 0 Å². The molecule has 0 aliphatic heterocycles. The van der Waals surface area contributed by atoms with Crippen molar-refractivity contribution in [2.75, 3.05) is 0 Å². The molecule has 1 heterocycles. The van der Waals surface area contributed by atoms with Gasteiger partial charge in [0.2, 0.25) is 0 Å². The van der Waals surface area contributed by atoms with Gasteiger partial charge in [0, 0.05) is 11.3 Å². The van der Waals surface area contributed by atoms with Gasteiger partial charge in [-0.3, -0.25) is 0 Å². The molecule has 1 saturated carbocycles. The number of hydrogen-bond donors (Lipinski definition) is 1. The second-order valence-electron chi connectivity index (χ2n) is 5.74. The van der Waals surface area contributed by atoms with E-state index in [1.807, 2.05) is 24.3 Å². The molecule has 3 rings (SSSR count). The molecule has 0 amide bonds. The third-order valence-electron chi connectivity index (χ3n) is 4.17. The summed E-state index contributed by atoms with van der Waals surface area (Å²) in [5.41, 5.74) is 8.09. The lowest BCUT2D eigenvalue weighted by molar-refractivity contribution is 0.315. The Morgan fingerprint density at radius 1 is 1.35 bits per heavy atom. The van der Waals surface area contributed by atoms with Crippen molar-refractivity contribution in [3.05, 3.63) is 24.3 Å². The molecule has 1 aliphatic rings. The van der Waals surface area contributed by atoms with Crippen LogP contribution in [-0.4, -0.2) is 16.3 Å². The lowest BCUT2D eigenvalue weighted by Crippen LogP contribution is -2.38. The van der Waals surface area contributed by atoms with Gasteiger partial charge in [-0.25, -0.2) is 4.98 Å². The molecule has 0 spiro atoms. The minimum absolute atomic E-state index is 0.267. The number of benzene rings is 1. The van der Waals surface area contributed by atoms with Crippen molar-refractivity contribution < 1.29 is 4.42 Å². The van der Waals surface area contributed by atoms with Gasteiger partial charge in [0.25, 0.3) is 5.22 Å². The molecule has 0 bridgehead atoms. The van der Waals surface area contributed by atoms with Crippen molar-refractivity contribution in [3.8, 4) is 0 Å². The summed E-state index contributed by atoms with van der Waals surface area (Å²) in [5.74, 6) is 0.821. The number of para-hydroxylation sites is 2. The topological polar surface area (TPSA) is 52.0 Å². The molecule has 1 aromatic carbocycles. The zero-order valence-corrected chi connectivity index (χ0v) is 12.7. The van der Waals surface area contributed by atoms with E-state index in [2.05, 4.69) is 11.9 Å². The maximum atomic E-state index is 6.29. The highest BCUT2D eigenvalue weighted by Crippen LogP contribution is 2.37. The van der Waals surface area contributed by atoms with Gasteiger partial charge in [-0.15, -0.1) is 0 Å². The summed E-state index contributed by atoms with van der Waals surface area (Å²) in [6, 6.07) is 8.19. The summed E-state index contributed by atoms with van der Waals surface area (Å²) in [5, 5.41) is 1.21. The summed E-state index contributed by atoms with van der Waals surface area (Å²) in [6.45, 7) is 2.26. The van der Waals surface area contributed by atoms with Crippen LogP contribution in [-0.2, 0) is 0 Å². The van der Waals surface area contributed by atoms with E-state index in [0.717, 1.165) is 28.7 Å². The quantitative estimate of drug-likeness (QED) is 0.916. The van der Waals surface area contributed by atoms with E-state index >= 15 is 0 Å². The summed E-state index contributed by atoms with van der Waals surface area (Å²) >= 11 is 1.73. The third kappa shape index (κ3) is 3.01. The van der Waals surface area contributed by atoms with Crippen LogP contribution in [0.4, 0.5) is 0 Å². The van der Waals surface area contributed by atoms with Crippen LogP contribution in [0, 0.1) is 5.92 Å². The van der Waals surface area contributed by atoms with Crippen LogP contribution in [0.25, 0.3) is 11.1 Å². The van der Waals surface area contributed by atoms with Crippen LogP contribution in [0.15, 0.2) is 33.9 Å². The van der Waals surface area contributed by atoms with Crippen LogP contribution >= 0.6 is 11.8 Å². The van der Waals surface area contributed by atoms with Crippen molar-refractivity contribution >= 4 is 22.9 Å². The summed E-state index contributed by atoms with van der Waals surface area (Å²) in [6.07, 6.45) is 6.18. The average Bonchev–Trinajstić information content (AvgIpc) is 2.85. The zero-order valence-electron chi connectivity index (χ0n) is 11.9. The van der Waals surface area contributed by atoms with E-state index in [1.165, 1.54) is 25.7 Å². The summed E-state index contributed by atoms with van der Waals surface area (Å²) in [7, 11) is 0. The van der Waals surface area contributed by atoms with E-state index in [9.17, 15) is 0 Å². The maximum Gasteiger partial charge on any atom is 0.257 e. The van der Waals surface area contributed by atoms with Crippen LogP contribution in [0.5, 0.6) is 0 Å². The molecule has 2 N–H and O–H groups in total. The fourth-order valence-corrected chi connectivity index (χ4v) is 4.30. The Hall–Kier alpha value is -1.00. The highest BCUT2D eigenvalue weighted by molar-refractivity contribution is 7.99. The molecule has 0 radical (unpaired) electrons. The molecule has 2 aromatic rings. The van der Waals surface area contributed by atoms with Gasteiger partial charge in [0.1, 0.15) is 5.52 Å². The van der Waals surface area contributed by atoms with Gasteiger partial charge in [0.15, 0.2) is 5.58 Å². The number of fused-ring (bicyclic) bond motifs is 1. The second kappa shape index (κ2) is 6.19. The third-order valence-corrected chi connectivity index (χ3v) is 5.40. The Morgan fingerprint density at radius 2 is 2.20 bits per heavy atom. The predicted molar refractivity (Wildman–Crippen MR) is 83.9 cm³/mol. The van der Waals surface area contributed by atoms with Gasteiger partial charge in [0.05, 0.1) is 0 Å². The van der Waals surface area contributed by atoms with Crippen LogP contribution in [0.2, 0.25) is 0 Å². The first-order valence-corrected chi connectivity index (χ1v) is 8.42. The number of rotatable bonds is 4. The van der Waals surface area contributed by atoms with Crippen molar-refractivity contribution in [3.63, 3.8) is 0 Å². The molecule has 0 saturated heterocycles. The minimum Gasteiger partial charge on any atom is -0.431 e. The van der Waals surface area contributed by atoms with Crippen molar-refractivity contribution in [2.24, 2.45) is 11.7 Å². The SMILES string of the molecule is CCCC1CCC(N)C(Sc2nc3ccccc3o2)C1. The number of aromatic nitrogens is 1. The molecule has 108 valence electrons. The standard InChI is InChI=1S/C16H22N2OS/c1-2-5-11-8-9-12(17)15(10-11)20-16-18-13-6-3-4-7-14(13)19-16/h3-4,6-7,11-12,15H,2,5,8-10,17H2,1H3. The minimum atomic E-state index is 0.267. The lowest BCUT2D eigenvalue weighted by Gasteiger charge is -2.32. The first kappa shape index (κ1) is 14.0. The Bertz CT molecular complexity index is 535. The first-order chi connectivity index (χ1) is 9.76. The highest BCUT2D eigenvalue weighted by Gasteiger charge is 2.29. The monoisotopic (exact) mass is 290 g/mol. The molecule has 4 heteroatoms. The Balaban J connectivity index is 1.71. The smallest absolute Gasteiger partial charge is 0.257 e. The van der Waals surface area contributed by atoms with E-state index in [-0.39, 0.29) is 6.04 Å². The van der Waals surface area contributed by atoms with Crippen LogP contribution in [0.1, 0.15) is 39.0 Å². The predicted octanol–water partition coefficient (Wildman–Crippen LogP) is 4.22. The first-order valence-electron chi connectivity index (χ1n) is 7.54. The van der Waals surface area contributed by atoms with E-state index in [0.29, 0.717) is 5.25 Å². The fourth-order valence-electron chi connectivity index (χ4n) is 3.07. The van der Waals surface area contributed by atoms with Gasteiger partial charge >= 0.3 is 0 Å². The number of nitrogens with two attached hydrogens (primary N) is 1. The van der Waals surface area contributed by atoms with Gasteiger partial charge in [-0.05, 0) is 37.3 Å². The average molecular weight is 290 g/mol. The summed E-state index contributed by atoms with van der Waals surface area (Å²) in [4.78, 5) is 4.55. The van der Waals surface area contributed by atoms with Crippen molar-refractivity contribution in [1.29, 1.82) is 0 Å². The lowest BCUT2D eigenvalue weighted by atomic mass is 9.83. The van der Waals surface area contributed by atoms with E-state index < -0.39 is 0 Å². The number of thioether (sulfide) groups is 1. The zero-order chi connectivity index (χ0) is 13.9. The molecule has 1 aliphatic carbocycles. The maximum absolute atomic E-state index is 6.29. The second-order valence-corrected chi connectivity index (χ2v) is 6.93. The Kier molecular flexibility index (Phi) is 4.32. The number of nitrogens with zero attached hydrogens (tertiary/aromatic N) is 1. The van der Waals surface area contributed by atoms with Crippen LogP contribution in [0.3, 0.4) is 0 Å². The van der Waals surface area contributed by atoms with E-state index in [4.69, 9.17) is 10.2 Å². The molecule has 3 atom stereocenters. The largest absolute Gasteiger partial charge is 0.431 e. The van der Waals surface area contributed by atoms with Crippen molar-refractivity contribution in [1.82, 2.24) is 4.98 Å². The normalized spacial score (nSPS) is 27.0. The molecular weight excluding hydrogens is 268 g/mol. The summed E-state index contributed by atoms with van der Waals surface area (Å²) < 4.78 is 5.81. The Labute approximate surface area is 124 Å².